The molecule has 0 aliphatic heterocycles. The zero-order chi connectivity index (χ0) is 12.3. The van der Waals surface area contributed by atoms with E-state index in [1.54, 1.807) is 0 Å². The van der Waals surface area contributed by atoms with E-state index < -0.39 is 22.4 Å². The fraction of sp³-hybridized carbons (Fsp3) is 0.200. The molecular formula is C10H13ClN2O4. The molecule has 0 bridgehead atoms. The molecule has 0 heterocycles. The van der Waals surface area contributed by atoms with E-state index in [0.29, 0.717) is 5.56 Å². The first-order valence-corrected chi connectivity index (χ1v) is 4.44. The fourth-order valence-electron chi connectivity index (χ4n) is 1.24. The third kappa shape index (κ3) is 3.08. The Kier molecular flexibility index (Phi) is 5.43. The van der Waals surface area contributed by atoms with Crippen LogP contribution in [0.2, 0.25) is 0 Å². The minimum atomic E-state index is -0.697. The van der Waals surface area contributed by atoms with E-state index in [2.05, 4.69) is 6.58 Å². The van der Waals surface area contributed by atoms with E-state index in [4.69, 9.17) is 10.5 Å². The minimum absolute atomic E-state index is 0. The Morgan fingerprint density at radius 1 is 1.65 bits per heavy atom. The molecule has 1 rings (SSSR count). The third-order valence-electron chi connectivity index (χ3n) is 2.13. The Bertz CT molecular complexity index is 437. The SMILES string of the molecule is C=C[C@H](N)c1cc(OC)c(O)c([N+](=O)[O-])c1.Cl. The van der Waals surface area contributed by atoms with Crippen LogP contribution in [0, 0.1) is 10.1 Å². The van der Waals surface area contributed by atoms with E-state index in [9.17, 15) is 15.2 Å². The first-order valence-electron chi connectivity index (χ1n) is 4.44. The summed E-state index contributed by atoms with van der Waals surface area (Å²) in [6.45, 7) is 3.49. The lowest BCUT2D eigenvalue weighted by atomic mass is 10.1. The summed E-state index contributed by atoms with van der Waals surface area (Å²) in [5.41, 5.74) is 5.68. The van der Waals surface area contributed by atoms with Crippen LogP contribution in [0.25, 0.3) is 0 Å². The number of nitro groups is 1. The monoisotopic (exact) mass is 260 g/mol. The van der Waals surface area contributed by atoms with Crippen molar-refractivity contribution in [1.29, 1.82) is 0 Å². The lowest BCUT2D eigenvalue weighted by molar-refractivity contribution is -0.386. The quantitative estimate of drug-likeness (QED) is 0.489. The van der Waals surface area contributed by atoms with E-state index in [0.717, 1.165) is 0 Å². The number of nitrogens with two attached hydrogens (primary N) is 1. The van der Waals surface area contributed by atoms with Crippen molar-refractivity contribution in [2.75, 3.05) is 7.11 Å². The molecule has 0 aliphatic carbocycles. The van der Waals surface area contributed by atoms with Crippen molar-refractivity contribution in [1.82, 2.24) is 0 Å². The second-order valence-corrected chi connectivity index (χ2v) is 3.11. The van der Waals surface area contributed by atoms with Crippen molar-refractivity contribution in [2.24, 2.45) is 5.73 Å². The molecule has 1 aromatic rings. The highest BCUT2D eigenvalue weighted by atomic mass is 35.5. The van der Waals surface area contributed by atoms with Gasteiger partial charge in [-0.2, -0.15) is 0 Å². The van der Waals surface area contributed by atoms with Gasteiger partial charge in [0.25, 0.3) is 0 Å². The number of phenolic OH excluding ortho intramolecular Hbond substituents is 1. The highest BCUT2D eigenvalue weighted by Gasteiger charge is 2.21. The van der Waals surface area contributed by atoms with Crippen LogP contribution in [-0.4, -0.2) is 17.1 Å². The van der Waals surface area contributed by atoms with Crippen LogP contribution in [-0.2, 0) is 0 Å². The Labute approximate surface area is 104 Å². The summed E-state index contributed by atoms with van der Waals surface area (Å²) in [4.78, 5) is 9.98. The lowest BCUT2D eigenvalue weighted by Crippen LogP contribution is -2.07. The Morgan fingerprint density at radius 3 is 2.65 bits per heavy atom. The molecule has 0 radical (unpaired) electrons. The molecule has 17 heavy (non-hydrogen) atoms. The van der Waals surface area contributed by atoms with Gasteiger partial charge in [0.15, 0.2) is 5.75 Å². The molecule has 0 unspecified atom stereocenters. The lowest BCUT2D eigenvalue weighted by Gasteiger charge is -2.10. The number of hydrogen-bond donors (Lipinski definition) is 2. The van der Waals surface area contributed by atoms with Gasteiger partial charge in [-0.1, -0.05) is 6.08 Å². The molecule has 0 spiro atoms. The molecule has 1 atom stereocenters. The topological polar surface area (TPSA) is 98.6 Å². The van der Waals surface area contributed by atoms with Crippen molar-refractivity contribution in [3.63, 3.8) is 0 Å². The molecule has 6 nitrogen and oxygen atoms in total. The van der Waals surface area contributed by atoms with Gasteiger partial charge in [0.05, 0.1) is 12.0 Å². The molecule has 0 aliphatic rings. The van der Waals surface area contributed by atoms with Crippen LogP contribution in [0.1, 0.15) is 11.6 Å². The predicted octanol–water partition coefficient (Wildman–Crippen LogP) is 1.92. The first-order chi connectivity index (χ1) is 7.51. The number of rotatable bonds is 4. The normalized spacial score (nSPS) is 11.2. The van der Waals surface area contributed by atoms with Crippen molar-refractivity contribution in [2.45, 2.75) is 6.04 Å². The zero-order valence-corrected chi connectivity index (χ0v) is 9.94. The number of ether oxygens (including phenoxy) is 1. The molecule has 0 saturated heterocycles. The molecule has 1 aromatic carbocycles. The standard InChI is InChI=1S/C10H12N2O4.ClH/c1-3-7(11)6-4-8(12(14)15)10(13)9(5-6)16-2;/h3-5,7,13H,1,11H2,2H3;1H/t7-;/m0./s1. The molecule has 0 fully saturated rings. The van der Waals surface area contributed by atoms with E-state index >= 15 is 0 Å². The molecule has 0 aromatic heterocycles. The first kappa shape index (κ1) is 15.2. The summed E-state index contributed by atoms with van der Waals surface area (Å²) < 4.78 is 4.83. The number of phenols is 1. The summed E-state index contributed by atoms with van der Waals surface area (Å²) in [5.74, 6) is -0.492. The second kappa shape index (κ2) is 6.07. The Hall–Kier alpha value is -1.79. The maximum atomic E-state index is 10.7. The van der Waals surface area contributed by atoms with Gasteiger partial charge < -0.3 is 15.6 Å². The zero-order valence-electron chi connectivity index (χ0n) is 9.12. The molecule has 7 heteroatoms. The van der Waals surface area contributed by atoms with Gasteiger partial charge in [-0.05, 0) is 11.6 Å². The van der Waals surface area contributed by atoms with Crippen molar-refractivity contribution in [3.8, 4) is 11.5 Å². The Balaban J connectivity index is 0.00000256. The van der Waals surface area contributed by atoms with Gasteiger partial charge in [0.2, 0.25) is 5.75 Å². The molecule has 94 valence electrons. The average Bonchev–Trinajstić information content (AvgIpc) is 2.27. The van der Waals surface area contributed by atoms with Crippen LogP contribution in [0.5, 0.6) is 11.5 Å². The van der Waals surface area contributed by atoms with Gasteiger partial charge in [-0.15, -0.1) is 19.0 Å². The molecule has 0 saturated carbocycles. The van der Waals surface area contributed by atoms with Crippen LogP contribution in [0.3, 0.4) is 0 Å². The number of benzene rings is 1. The summed E-state index contributed by atoms with van der Waals surface area (Å²) >= 11 is 0. The Morgan fingerprint density at radius 2 is 2.24 bits per heavy atom. The van der Waals surface area contributed by atoms with Gasteiger partial charge in [0.1, 0.15) is 0 Å². The van der Waals surface area contributed by atoms with Crippen molar-refractivity contribution in [3.05, 3.63) is 40.5 Å². The summed E-state index contributed by atoms with van der Waals surface area (Å²) in [7, 11) is 1.31. The summed E-state index contributed by atoms with van der Waals surface area (Å²) in [5, 5.41) is 20.2. The van der Waals surface area contributed by atoms with E-state index in [-0.39, 0.29) is 18.2 Å². The number of nitro benzene ring substituents is 1. The van der Waals surface area contributed by atoms with E-state index in [1.165, 1.54) is 25.3 Å². The molecule has 0 amide bonds. The maximum absolute atomic E-state index is 10.7. The highest BCUT2D eigenvalue weighted by Crippen LogP contribution is 2.38. The number of nitrogens with zero attached hydrogens (tertiary/aromatic N) is 1. The number of hydrogen-bond acceptors (Lipinski definition) is 5. The summed E-state index contributed by atoms with van der Waals surface area (Å²) in [6, 6.07) is 2.09. The predicted molar refractivity (Wildman–Crippen MR) is 65.7 cm³/mol. The smallest absolute Gasteiger partial charge is 0.315 e. The van der Waals surface area contributed by atoms with Gasteiger partial charge in [-0.3, -0.25) is 10.1 Å². The highest BCUT2D eigenvalue weighted by molar-refractivity contribution is 5.85. The van der Waals surface area contributed by atoms with Gasteiger partial charge >= 0.3 is 5.69 Å². The summed E-state index contributed by atoms with van der Waals surface area (Å²) in [6.07, 6.45) is 1.44. The average molecular weight is 261 g/mol. The maximum Gasteiger partial charge on any atom is 0.315 e. The van der Waals surface area contributed by atoms with Gasteiger partial charge in [0, 0.05) is 12.1 Å². The molecule has 3 N–H and O–H groups in total. The van der Waals surface area contributed by atoms with E-state index in [1.807, 2.05) is 0 Å². The minimum Gasteiger partial charge on any atom is -0.500 e. The molecular weight excluding hydrogens is 248 g/mol. The van der Waals surface area contributed by atoms with Crippen LogP contribution < -0.4 is 10.5 Å². The fourth-order valence-corrected chi connectivity index (χ4v) is 1.24. The van der Waals surface area contributed by atoms with Crippen LogP contribution in [0.4, 0.5) is 5.69 Å². The third-order valence-corrected chi connectivity index (χ3v) is 2.13. The van der Waals surface area contributed by atoms with Crippen LogP contribution in [0.15, 0.2) is 24.8 Å². The number of halogens is 1. The number of methoxy groups -OCH3 is 1. The second-order valence-electron chi connectivity index (χ2n) is 3.11. The largest absolute Gasteiger partial charge is 0.500 e. The van der Waals surface area contributed by atoms with Gasteiger partial charge in [-0.25, -0.2) is 0 Å². The van der Waals surface area contributed by atoms with Crippen molar-refractivity contribution < 1.29 is 14.8 Å². The van der Waals surface area contributed by atoms with Crippen molar-refractivity contribution >= 4 is 18.1 Å². The van der Waals surface area contributed by atoms with Crippen LogP contribution >= 0.6 is 12.4 Å². The number of aromatic hydroxyl groups is 1.